The van der Waals surface area contributed by atoms with Crippen LogP contribution in [0.2, 0.25) is 0 Å². The molecule has 0 unspecified atom stereocenters. The van der Waals surface area contributed by atoms with Gasteiger partial charge in [0.25, 0.3) is 0 Å². The highest BCUT2D eigenvalue weighted by atomic mass is 15.2. The quantitative estimate of drug-likeness (QED) is 0.362. The zero-order valence-electron chi connectivity index (χ0n) is 19.1. The van der Waals surface area contributed by atoms with Gasteiger partial charge >= 0.3 is 0 Å². The number of benzene rings is 2. The van der Waals surface area contributed by atoms with Crippen molar-refractivity contribution in [2.45, 2.75) is 33.2 Å². The molecule has 0 aliphatic carbocycles. The lowest BCUT2D eigenvalue weighted by Gasteiger charge is -2.21. The standard InChI is InChI=1S/C28H27N5/c1-3-20-10-11-31(16-20)25-8-9-26-24(12-25)18-32-17-23(22-6-4-21(14-29)5-7-22)13-27(32)28-30-15-19(2)33(26)28/h4-9,12-13,15,17,20H,3,10-11,16,18H2,1-2H3/t20-/m1/s1. The van der Waals surface area contributed by atoms with E-state index in [2.05, 4.69) is 64.4 Å². The van der Waals surface area contributed by atoms with Gasteiger partial charge < -0.3 is 9.47 Å². The Balaban J connectivity index is 1.45. The summed E-state index contributed by atoms with van der Waals surface area (Å²) in [7, 11) is 0. The first-order valence-corrected chi connectivity index (χ1v) is 11.8. The molecule has 4 aromatic rings. The van der Waals surface area contributed by atoms with E-state index in [0.29, 0.717) is 5.56 Å². The van der Waals surface area contributed by atoms with Crippen LogP contribution in [-0.4, -0.2) is 27.2 Å². The van der Waals surface area contributed by atoms with Crippen LogP contribution in [0.3, 0.4) is 0 Å². The Morgan fingerprint density at radius 2 is 1.94 bits per heavy atom. The minimum Gasteiger partial charge on any atom is -0.371 e. The van der Waals surface area contributed by atoms with Gasteiger partial charge in [-0.05, 0) is 66.8 Å². The third kappa shape index (κ3) is 3.25. The molecule has 1 atom stereocenters. The van der Waals surface area contributed by atoms with Gasteiger partial charge in [0.1, 0.15) is 0 Å². The van der Waals surface area contributed by atoms with Crippen molar-refractivity contribution in [3.8, 4) is 34.4 Å². The van der Waals surface area contributed by atoms with Crippen LogP contribution in [0.4, 0.5) is 5.69 Å². The Morgan fingerprint density at radius 3 is 2.70 bits per heavy atom. The van der Waals surface area contributed by atoms with Crippen molar-refractivity contribution in [2.24, 2.45) is 5.92 Å². The van der Waals surface area contributed by atoms with Crippen LogP contribution in [0.25, 0.3) is 28.3 Å². The van der Waals surface area contributed by atoms with Crippen molar-refractivity contribution < 1.29 is 0 Å². The summed E-state index contributed by atoms with van der Waals surface area (Å²) in [6.07, 6.45) is 6.72. The van der Waals surface area contributed by atoms with E-state index in [-0.39, 0.29) is 0 Å². The SMILES string of the molecule is CC[C@@H]1CCN(c2ccc3c(c2)Cn2cc(-c4ccc(C#N)cc4)cc2-c2ncc(C)n2-3)C1. The van der Waals surface area contributed by atoms with Crippen LogP contribution in [0.5, 0.6) is 0 Å². The average molecular weight is 434 g/mol. The summed E-state index contributed by atoms with van der Waals surface area (Å²) in [4.78, 5) is 7.34. The first-order chi connectivity index (χ1) is 16.1. The molecule has 5 nitrogen and oxygen atoms in total. The Hall–Kier alpha value is -3.78. The monoisotopic (exact) mass is 433 g/mol. The second kappa shape index (κ2) is 7.67. The molecular weight excluding hydrogens is 406 g/mol. The van der Waals surface area contributed by atoms with Crippen LogP contribution in [0.15, 0.2) is 60.9 Å². The molecule has 33 heavy (non-hydrogen) atoms. The van der Waals surface area contributed by atoms with Crippen molar-refractivity contribution in [1.82, 2.24) is 14.1 Å². The smallest absolute Gasteiger partial charge is 0.161 e. The van der Waals surface area contributed by atoms with Crippen molar-refractivity contribution >= 4 is 5.69 Å². The summed E-state index contributed by atoms with van der Waals surface area (Å²) in [6.45, 7) is 7.53. The van der Waals surface area contributed by atoms with Crippen LogP contribution in [0, 0.1) is 24.2 Å². The number of hydrogen-bond acceptors (Lipinski definition) is 3. The third-order valence-electron chi connectivity index (χ3n) is 7.28. The lowest BCUT2D eigenvalue weighted by atomic mass is 10.1. The molecule has 0 saturated carbocycles. The fourth-order valence-electron chi connectivity index (χ4n) is 5.34. The number of nitriles is 1. The molecule has 1 saturated heterocycles. The molecule has 4 heterocycles. The first-order valence-electron chi connectivity index (χ1n) is 11.8. The molecule has 2 aliphatic heterocycles. The van der Waals surface area contributed by atoms with E-state index >= 15 is 0 Å². The van der Waals surface area contributed by atoms with E-state index in [1.807, 2.05) is 30.5 Å². The molecule has 1 fully saturated rings. The van der Waals surface area contributed by atoms with Gasteiger partial charge in [0.15, 0.2) is 5.82 Å². The van der Waals surface area contributed by atoms with Gasteiger partial charge in [-0.25, -0.2) is 4.98 Å². The normalized spacial score (nSPS) is 16.6. The maximum Gasteiger partial charge on any atom is 0.161 e. The molecule has 2 aromatic heterocycles. The molecule has 0 N–H and O–H groups in total. The van der Waals surface area contributed by atoms with Crippen LogP contribution in [0.1, 0.15) is 36.6 Å². The summed E-state index contributed by atoms with van der Waals surface area (Å²) < 4.78 is 4.61. The second-order valence-electron chi connectivity index (χ2n) is 9.31. The van der Waals surface area contributed by atoms with Crippen LogP contribution in [-0.2, 0) is 6.54 Å². The molecule has 2 aromatic carbocycles. The average Bonchev–Trinajstić information content (AvgIpc) is 3.56. The van der Waals surface area contributed by atoms with Gasteiger partial charge in [-0.15, -0.1) is 0 Å². The number of rotatable bonds is 3. The molecule has 0 radical (unpaired) electrons. The number of aromatic nitrogens is 3. The summed E-state index contributed by atoms with van der Waals surface area (Å²) >= 11 is 0. The Morgan fingerprint density at radius 1 is 1.09 bits per heavy atom. The highest BCUT2D eigenvalue weighted by Crippen LogP contribution is 2.37. The minimum absolute atomic E-state index is 0.680. The maximum atomic E-state index is 9.13. The van der Waals surface area contributed by atoms with Crippen molar-refractivity contribution in [1.29, 1.82) is 5.26 Å². The number of aryl methyl sites for hydroxylation is 1. The van der Waals surface area contributed by atoms with Crippen molar-refractivity contribution in [2.75, 3.05) is 18.0 Å². The summed E-state index contributed by atoms with van der Waals surface area (Å²) in [5, 5.41) is 9.13. The molecule has 2 aliphatic rings. The minimum atomic E-state index is 0.680. The van der Waals surface area contributed by atoms with Crippen LogP contribution < -0.4 is 4.90 Å². The topological polar surface area (TPSA) is 49.8 Å². The Labute approximate surface area is 194 Å². The maximum absolute atomic E-state index is 9.13. The molecule has 6 rings (SSSR count). The number of nitrogens with zero attached hydrogens (tertiary/aromatic N) is 5. The van der Waals surface area contributed by atoms with Gasteiger partial charge in [0, 0.05) is 49.0 Å². The predicted molar refractivity (Wildman–Crippen MR) is 132 cm³/mol. The molecule has 0 bridgehead atoms. The Bertz CT molecular complexity index is 1380. The molecular formula is C28H27N5. The second-order valence-corrected chi connectivity index (χ2v) is 9.31. The summed E-state index contributed by atoms with van der Waals surface area (Å²) in [5.74, 6) is 1.78. The van der Waals surface area contributed by atoms with E-state index in [4.69, 9.17) is 10.2 Å². The number of anilines is 1. The zero-order chi connectivity index (χ0) is 22.5. The predicted octanol–water partition coefficient (Wildman–Crippen LogP) is 5.79. The van der Waals surface area contributed by atoms with Gasteiger partial charge in [-0.3, -0.25) is 4.57 Å². The van der Waals surface area contributed by atoms with Gasteiger partial charge in [-0.2, -0.15) is 5.26 Å². The van der Waals surface area contributed by atoms with E-state index in [0.717, 1.165) is 53.9 Å². The number of imidazole rings is 1. The molecule has 0 spiro atoms. The molecule has 0 amide bonds. The lowest BCUT2D eigenvalue weighted by Crippen LogP contribution is -2.20. The van der Waals surface area contributed by atoms with Gasteiger partial charge in [0.2, 0.25) is 0 Å². The van der Waals surface area contributed by atoms with E-state index in [1.54, 1.807) is 0 Å². The highest BCUT2D eigenvalue weighted by Gasteiger charge is 2.25. The third-order valence-corrected chi connectivity index (χ3v) is 7.28. The van der Waals surface area contributed by atoms with E-state index in [1.165, 1.54) is 29.8 Å². The number of hydrogen-bond donors (Lipinski definition) is 0. The summed E-state index contributed by atoms with van der Waals surface area (Å²) in [5.41, 5.74) is 9.06. The fraction of sp³-hybridized carbons (Fsp3) is 0.286. The van der Waals surface area contributed by atoms with Crippen molar-refractivity contribution in [3.05, 3.63) is 77.7 Å². The van der Waals surface area contributed by atoms with Gasteiger partial charge in [0.05, 0.1) is 23.0 Å². The van der Waals surface area contributed by atoms with Crippen molar-refractivity contribution in [3.63, 3.8) is 0 Å². The largest absolute Gasteiger partial charge is 0.371 e. The zero-order valence-corrected chi connectivity index (χ0v) is 19.1. The summed E-state index contributed by atoms with van der Waals surface area (Å²) in [6, 6.07) is 19.2. The molecule has 5 heteroatoms. The fourth-order valence-corrected chi connectivity index (χ4v) is 5.34. The van der Waals surface area contributed by atoms with E-state index < -0.39 is 0 Å². The lowest BCUT2D eigenvalue weighted by molar-refractivity contribution is 0.569. The number of fused-ring (bicyclic) bond motifs is 5. The Kier molecular flexibility index (Phi) is 4.62. The van der Waals surface area contributed by atoms with Gasteiger partial charge in [-0.1, -0.05) is 25.5 Å². The first kappa shape index (κ1) is 19.9. The van der Waals surface area contributed by atoms with Crippen LogP contribution >= 0.6 is 0 Å². The molecule has 164 valence electrons. The highest BCUT2D eigenvalue weighted by molar-refractivity contribution is 5.73. The van der Waals surface area contributed by atoms with E-state index in [9.17, 15) is 0 Å².